The lowest BCUT2D eigenvalue weighted by molar-refractivity contribution is -0.384. The van der Waals surface area contributed by atoms with E-state index in [4.69, 9.17) is 16.3 Å². The summed E-state index contributed by atoms with van der Waals surface area (Å²) in [5.41, 5.74) is 1.74. The largest absolute Gasteiger partial charge is 0.424 e. The third-order valence-corrected chi connectivity index (χ3v) is 4.00. The lowest BCUT2D eigenvalue weighted by Crippen LogP contribution is -2.12. The molecule has 9 heteroatoms. The van der Waals surface area contributed by atoms with Gasteiger partial charge in [0.1, 0.15) is 5.75 Å². The maximum absolute atomic E-state index is 12.5. The van der Waals surface area contributed by atoms with Crippen LogP contribution >= 0.6 is 11.6 Å². The van der Waals surface area contributed by atoms with Crippen molar-refractivity contribution in [2.45, 2.75) is 13.8 Å². The minimum atomic E-state index is -0.592. The van der Waals surface area contributed by atoms with Gasteiger partial charge in [-0.15, -0.1) is 0 Å². The van der Waals surface area contributed by atoms with Crippen molar-refractivity contribution >= 4 is 28.9 Å². The van der Waals surface area contributed by atoms with E-state index in [2.05, 4.69) is 15.3 Å². The maximum atomic E-state index is 12.5. The number of ether oxygens (including phenoxy) is 1. The van der Waals surface area contributed by atoms with Crippen molar-refractivity contribution in [2.75, 3.05) is 5.32 Å². The minimum absolute atomic E-state index is 0.000157. The predicted molar refractivity (Wildman–Crippen MR) is 104 cm³/mol. The second-order valence-corrected chi connectivity index (χ2v) is 6.35. The number of anilines is 1. The zero-order valence-electron chi connectivity index (χ0n) is 15.0. The fourth-order valence-electron chi connectivity index (χ4n) is 2.48. The molecule has 0 unspecified atom stereocenters. The van der Waals surface area contributed by atoms with Crippen LogP contribution < -0.4 is 10.1 Å². The Kier molecular flexibility index (Phi) is 5.51. The molecule has 2 aromatic carbocycles. The van der Waals surface area contributed by atoms with Crippen LogP contribution in [0.15, 0.2) is 48.5 Å². The topological polar surface area (TPSA) is 107 Å². The van der Waals surface area contributed by atoms with Crippen LogP contribution in [0.5, 0.6) is 11.8 Å². The fraction of sp³-hybridized carbons (Fsp3) is 0.105. The molecule has 0 fully saturated rings. The average Bonchev–Trinajstić information content (AvgIpc) is 2.61. The quantitative estimate of drug-likeness (QED) is 0.493. The van der Waals surface area contributed by atoms with Crippen molar-refractivity contribution in [1.82, 2.24) is 9.97 Å². The van der Waals surface area contributed by atoms with E-state index in [-0.39, 0.29) is 22.3 Å². The van der Waals surface area contributed by atoms with E-state index in [1.54, 1.807) is 24.3 Å². The van der Waals surface area contributed by atoms with Gasteiger partial charge in [-0.05, 0) is 38.1 Å². The number of rotatable bonds is 5. The molecule has 1 aromatic heterocycles. The number of carbonyl (C=O) groups excluding carboxylic acids is 1. The van der Waals surface area contributed by atoms with Gasteiger partial charge >= 0.3 is 6.01 Å². The van der Waals surface area contributed by atoms with Crippen molar-refractivity contribution in [3.8, 4) is 11.8 Å². The molecule has 0 aliphatic heterocycles. The Bertz CT molecular complexity index is 1050. The molecule has 0 atom stereocenters. The third kappa shape index (κ3) is 4.60. The highest BCUT2D eigenvalue weighted by molar-refractivity contribution is 6.34. The van der Waals surface area contributed by atoms with Crippen LogP contribution in [0.3, 0.4) is 0 Å². The third-order valence-electron chi connectivity index (χ3n) is 3.67. The summed E-state index contributed by atoms with van der Waals surface area (Å²) in [7, 11) is 0. The van der Waals surface area contributed by atoms with E-state index < -0.39 is 10.8 Å². The molecule has 0 saturated carbocycles. The maximum Gasteiger partial charge on any atom is 0.322 e. The molecule has 0 aliphatic rings. The summed E-state index contributed by atoms with van der Waals surface area (Å²) >= 11 is 6.01. The summed E-state index contributed by atoms with van der Waals surface area (Å²) in [4.78, 5) is 31.2. The number of aryl methyl sites for hydroxylation is 2. The number of nitrogens with zero attached hydrogens (tertiary/aromatic N) is 3. The number of benzene rings is 2. The van der Waals surface area contributed by atoms with Gasteiger partial charge in [-0.1, -0.05) is 17.7 Å². The van der Waals surface area contributed by atoms with E-state index in [1.807, 2.05) is 19.9 Å². The number of aromatic nitrogens is 2. The summed E-state index contributed by atoms with van der Waals surface area (Å²) in [5, 5.41) is 13.7. The molecule has 3 aromatic rings. The van der Waals surface area contributed by atoms with Gasteiger partial charge in [-0.25, -0.2) is 9.97 Å². The first-order valence-corrected chi connectivity index (χ1v) is 8.55. The van der Waals surface area contributed by atoms with Crippen LogP contribution in [0.25, 0.3) is 0 Å². The monoisotopic (exact) mass is 398 g/mol. The Hall–Kier alpha value is -3.52. The predicted octanol–water partition coefficient (Wildman–Crippen LogP) is 4.70. The Labute approximate surface area is 165 Å². The summed E-state index contributed by atoms with van der Waals surface area (Å²) in [6.07, 6.45) is 0. The van der Waals surface area contributed by atoms with Crippen LogP contribution in [-0.4, -0.2) is 20.8 Å². The van der Waals surface area contributed by atoms with Crippen LogP contribution in [0.2, 0.25) is 5.02 Å². The number of nitro benzene ring substituents is 1. The Morgan fingerprint density at radius 3 is 2.50 bits per heavy atom. The first kappa shape index (κ1) is 19.2. The standard InChI is InChI=1S/C19H15ClN4O4/c1-11-8-12(2)22-19(21-11)28-15-5-3-4-13(9-15)23-18(25)16-10-14(24(26)27)6-7-17(16)20/h3-10H,1-2H3,(H,23,25). The summed E-state index contributed by atoms with van der Waals surface area (Å²) < 4.78 is 5.65. The van der Waals surface area contributed by atoms with Crippen LogP contribution in [0.1, 0.15) is 21.7 Å². The molecular weight excluding hydrogens is 384 g/mol. The second kappa shape index (κ2) is 8.01. The first-order valence-electron chi connectivity index (χ1n) is 8.17. The number of halogens is 1. The Morgan fingerprint density at radius 1 is 1.11 bits per heavy atom. The highest BCUT2D eigenvalue weighted by Crippen LogP contribution is 2.25. The molecule has 1 N–H and O–H groups in total. The normalized spacial score (nSPS) is 10.4. The van der Waals surface area contributed by atoms with Crippen molar-refractivity contribution < 1.29 is 14.5 Å². The van der Waals surface area contributed by atoms with Gasteiger partial charge in [-0.3, -0.25) is 14.9 Å². The van der Waals surface area contributed by atoms with Gasteiger partial charge in [0.25, 0.3) is 11.6 Å². The van der Waals surface area contributed by atoms with Crippen molar-refractivity contribution in [1.29, 1.82) is 0 Å². The second-order valence-electron chi connectivity index (χ2n) is 5.94. The lowest BCUT2D eigenvalue weighted by atomic mass is 10.2. The molecule has 0 saturated heterocycles. The summed E-state index contributed by atoms with van der Waals surface area (Å²) in [5.74, 6) is -0.151. The van der Waals surface area contributed by atoms with Crippen molar-refractivity contribution in [2.24, 2.45) is 0 Å². The number of nitro groups is 1. The number of carbonyl (C=O) groups is 1. The van der Waals surface area contributed by atoms with E-state index in [0.717, 1.165) is 17.5 Å². The summed E-state index contributed by atoms with van der Waals surface area (Å²) in [6, 6.07) is 12.3. The van der Waals surface area contributed by atoms with Gasteiger partial charge in [0.15, 0.2) is 0 Å². The molecule has 0 spiro atoms. The highest BCUT2D eigenvalue weighted by atomic mass is 35.5. The molecule has 0 aliphatic carbocycles. The molecule has 28 heavy (non-hydrogen) atoms. The molecule has 0 radical (unpaired) electrons. The average molecular weight is 399 g/mol. The molecular formula is C19H15ClN4O4. The van der Waals surface area contributed by atoms with Crippen LogP contribution in [-0.2, 0) is 0 Å². The van der Waals surface area contributed by atoms with Crippen LogP contribution in [0.4, 0.5) is 11.4 Å². The molecule has 3 rings (SSSR count). The van der Waals surface area contributed by atoms with Gasteiger partial charge < -0.3 is 10.1 Å². The number of nitrogens with one attached hydrogen (secondary N) is 1. The molecule has 1 amide bonds. The summed E-state index contributed by atoms with van der Waals surface area (Å²) in [6.45, 7) is 3.67. The van der Waals surface area contributed by atoms with Crippen LogP contribution in [0, 0.1) is 24.0 Å². The van der Waals surface area contributed by atoms with E-state index in [0.29, 0.717) is 11.4 Å². The van der Waals surface area contributed by atoms with Gasteiger partial charge in [0.05, 0.1) is 15.5 Å². The number of non-ortho nitro benzene ring substituents is 1. The molecule has 0 bridgehead atoms. The van der Waals surface area contributed by atoms with Gasteiger partial charge in [0.2, 0.25) is 0 Å². The number of hydrogen-bond acceptors (Lipinski definition) is 6. The Balaban J connectivity index is 1.80. The minimum Gasteiger partial charge on any atom is -0.424 e. The zero-order chi connectivity index (χ0) is 20.3. The fourth-order valence-corrected chi connectivity index (χ4v) is 2.68. The van der Waals surface area contributed by atoms with E-state index in [9.17, 15) is 14.9 Å². The lowest BCUT2D eigenvalue weighted by Gasteiger charge is -2.09. The Morgan fingerprint density at radius 2 is 1.82 bits per heavy atom. The number of hydrogen-bond donors (Lipinski definition) is 1. The van der Waals surface area contributed by atoms with Gasteiger partial charge in [-0.2, -0.15) is 0 Å². The zero-order valence-corrected chi connectivity index (χ0v) is 15.7. The van der Waals surface area contributed by atoms with E-state index >= 15 is 0 Å². The smallest absolute Gasteiger partial charge is 0.322 e. The molecule has 1 heterocycles. The highest BCUT2D eigenvalue weighted by Gasteiger charge is 2.16. The van der Waals surface area contributed by atoms with E-state index in [1.165, 1.54) is 12.1 Å². The SMILES string of the molecule is Cc1cc(C)nc(Oc2cccc(NC(=O)c3cc([N+](=O)[O-])ccc3Cl)c2)n1. The molecule has 8 nitrogen and oxygen atoms in total. The first-order chi connectivity index (χ1) is 13.3. The van der Waals surface area contributed by atoms with Crippen molar-refractivity contribution in [3.63, 3.8) is 0 Å². The van der Waals surface area contributed by atoms with Gasteiger partial charge in [0, 0.05) is 35.3 Å². The number of amides is 1. The molecule has 142 valence electrons. The van der Waals surface area contributed by atoms with Crippen molar-refractivity contribution in [3.05, 3.63) is 80.6 Å².